The quantitative estimate of drug-likeness (QED) is 0.236. The Morgan fingerprint density at radius 2 is 1.59 bits per heavy atom. The maximum atomic E-state index is 12.6. The molecule has 0 aliphatic heterocycles. The first-order valence-corrected chi connectivity index (χ1v) is 10.9. The maximum absolute atomic E-state index is 12.6. The molecule has 3 aromatic carbocycles. The number of carbonyl (C=O) groups is 1. The van der Waals surface area contributed by atoms with Crippen molar-refractivity contribution in [2.75, 3.05) is 18.5 Å². The van der Waals surface area contributed by atoms with Crippen LogP contribution < -0.4 is 14.8 Å². The lowest BCUT2D eigenvalue weighted by Crippen LogP contribution is -2.13. The van der Waals surface area contributed by atoms with E-state index in [1.54, 1.807) is 24.3 Å². The minimum Gasteiger partial charge on any atom is -0.490 e. The summed E-state index contributed by atoms with van der Waals surface area (Å²) in [5.41, 5.74) is 3.47. The second-order valence-electron chi connectivity index (χ2n) is 7.18. The molecule has 0 unspecified atom stereocenters. The van der Waals surface area contributed by atoms with E-state index in [0.29, 0.717) is 30.2 Å². The fourth-order valence-electron chi connectivity index (χ4n) is 2.85. The lowest BCUT2D eigenvalue weighted by molar-refractivity contribution is -0.112. The second kappa shape index (κ2) is 11.2. The highest BCUT2D eigenvalue weighted by Crippen LogP contribution is 2.26. The van der Waals surface area contributed by atoms with E-state index in [4.69, 9.17) is 9.47 Å². The molecule has 6 heteroatoms. The van der Waals surface area contributed by atoms with Crippen LogP contribution in [0, 0.1) is 25.2 Å². The Kier molecular flexibility index (Phi) is 8.07. The molecule has 162 valence electrons. The molecule has 3 aromatic rings. The van der Waals surface area contributed by atoms with Gasteiger partial charge in [0.05, 0.1) is 0 Å². The Labute approximate surface area is 196 Å². The molecule has 5 nitrogen and oxygen atoms in total. The van der Waals surface area contributed by atoms with Gasteiger partial charge < -0.3 is 14.8 Å². The van der Waals surface area contributed by atoms with Crippen LogP contribution in [0.1, 0.15) is 16.7 Å². The lowest BCUT2D eigenvalue weighted by Gasteiger charge is -2.12. The van der Waals surface area contributed by atoms with Crippen LogP contribution in [0.3, 0.4) is 0 Å². The number of hydrogen-bond donors (Lipinski definition) is 1. The molecule has 0 aliphatic rings. The molecule has 0 bridgehead atoms. The van der Waals surface area contributed by atoms with Gasteiger partial charge in [0.1, 0.15) is 36.4 Å². The predicted octanol–water partition coefficient (Wildman–Crippen LogP) is 6.07. The first-order valence-electron chi connectivity index (χ1n) is 10.1. The van der Waals surface area contributed by atoms with E-state index in [-0.39, 0.29) is 5.57 Å². The number of nitrogens with zero attached hydrogens (tertiary/aromatic N) is 1. The summed E-state index contributed by atoms with van der Waals surface area (Å²) in [5.74, 6) is 0.844. The normalized spacial score (nSPS) is 10.9. The molecule has 0 aromatic heterocycles. The van der Waals surface area contributed by atoms with Crippen molar-refractivity contribution >= 4 is 33.6 Å². The summed E-state index contributed by atoms with van der Waals surface area (Å²) in [6, 6.07) is 22.6. The van der Waals surface area contributed by atoms with Crippen LogP contribution in [0.2, 0.25) is 0 Å². The molecule has 0 aliphatic carbocycles. The van der Waals surface area contributed by atoms with Crippen LogP contribution in [-0.2, 0) is 4.79 Å². The molecule has 0 heterocycles. The highest BCUT2D eigenvalue weighted by molar-refractivity contribution is 9.10. The van der Waals surface area contributed by atoms with Gasteiger partial charge in [-0.05, 0) is 62.4 Å². The van der Waals surface area contributed by atoms with E-state index in [1.807, 2.05) is 62.4 Å². The fourth-order valence-corrected chi connectivity index (χ4v) is 3.23. The highest BCUT2D eigenvalue weighted by atomic mass is 79.9. The van der Waals surface area contributed by atoms with Crippen molar-refractivity contribution < 1.29 is 14.3 Å². The third-order valence-electron chi connectivity index (χ3n) is 4.58. The Hall–Kier alpha value is -3.56. The van der Waals surface area contributed by atoms with Crippen molar-refractivity contribution in [1.82, 2.24) is 0 Å². The number of rotatable bonds is 8. The van der Waals surface area contributed by atoms with Crippen LogP contribution >= 0.6 is 15.9 Å². The third kappa shape index (κ3) is 6.73. The monoisotopic (exact) mass is 490 g/mol. The summed E-state index contributed by atoms with van der Waals surface area (Å²) in [4.78, 5) is 12.6. The predicted molar refractivity (Wildman–Crippen MR) is 130 cm³/mol. The van der Waals surface area contributed by atoms with Crippen molar-refractivity contribution in [3.63, 3.8) is 0 Å². The van der Waals surface area contributed by atoms with E-state index < -0.39 is 5.91 Å². The van der Waals surface area contributed by atoms with Crippen LogP contribution in [0.25, 0.3) is 6.08 Å². The SMILES string of the molecule is Cc1ccc(NC(=O)/C(C#N)=C/c2cc(Br)ccc2OCCOc2ccc(C)cc2)cc1. The molecule has 1 N–H and O–H groups in total. The van der Waals surface area contributed by atoms with Crippen molar-refractivity contribution in [3.8, 4) is 17.6 Å². The van der Waals surface area contributed by atoms with Crippen LogP contribution in [0.4, 0.5) is 5.69 Å². The third-order valence-corrected chi connectivity index (χ3v) is 5.07. The maximum Gasteiger partial charge on any atom is 0.266 e. The molecule has 0 radical (unpaired) electrons. The summed E-state index contributed by atoms with van der Waals surface area (Å²) in [6.07, 6.45) is 1.52. The molecule has 3 rings (SSSR count). The van der Waals surface area contributed by atoms with Crippen LogP contribution in [0.5, 0.6) is 11.5 Å². The standard InChI is InChI=1S/C26H23BrN2O3/c1-18-3-8-23(9-4-18)29-26(30)21(17-28)15-20-16-22(27)7-12-25(20)32-14-13-31-24-10-5-19(2)6-11-24/h3-12,15-16H,13-14H2,1-2H3,(H,29,30)/b21-15+. The molecular formula is C26H23BrN2O3. The van der Waals surface area contributed by atoms with Gasteiger partial charge in [0, 0.05) is 15.7 Å². The smallest absolute Gasteiger partial charge is 0.266 e. The number of nitriles is 1. The van der Waals surface area contributed by atoms with E-state index in [1.165, 1.54) is 11.6 Å². The number of nitrogens with one attached hydrogen (secondary N) is 1. The summed E-state index contributed by atoms with van der Waals surface area (Å²) in [7, 11) is 0. The summed E-state index contributed by atoms with van der Waals surface area (Å²) >= 11 is 3.43. The molecule has 0 saturated carbocycles. The molecule has 1 amide bonds. The van der Waals surface area contributed by atoms with Gasteiger partial charge in [-0.2, -0.15) is 5.26 Å². The van der Waals surface area contributed by atoms with Crippen molar-refractivity contribution in [2.45, 2.75) is 13.8 Å². The topological polar surface area (TPSA) is 71.4 Å². The van der Waals surface area contributed by atoms with Crippen LogP contribution in [-0.4, -0.2) is 19.1 Å². The Balaban J connectivity index is 1.68. The van der Waals surface area contributed by atoms with Gasteiger partial charge in [0.15, 0.2) is 0 Å². The average Bonchev–Trinajstić information content (AvgIpc) is 2.78. The number of anilines is 1. The number of amides is 1. The zero-order valence-electron chi connectivity index (χ0n) is 17.9. The lowest BCUT2D eigenvalue weighted by atomic mass is 10.1. The zero-order valence-corrected chi connectivity index (χ0v) is 19.5. The first kappa shape index (κ1) is 23.1. The first-order chi connectivity index (χ1) is 15.4. The van der Waals surface area contributed by atoms with E-state index >= 15 is 0 Å². The largest absolute Gasteiger partial charge is 0.490 e. The van der Waals surface area contributed by atoms with Crippen molar-refractivity contribution in [1.29, 1.82) is 5.26 Å². The second-order valence-corrected chi connectivity index (χ2v) is 8.10. The van der Waals surface area contributed by atoms with Crippen LogP contribution in [0.15, 0.2) is 76.8 Å². The van der Waals surface area contributed by atoms with Gasteiger partial charge in [-0.1, -0.05) is 51.3 Å². The summed E-state index contributed by atoms with van der Waals surface area (Å²) < 4.78 is 12.4. The number of halogens is 1. The molecule has 32 heavy (non-hydrogen) atoms. The average molecular weight is 491 g/mol. The van der Waals surface area contributed by atoms with E-state index in [2.05, 4.69) is 21.2 Å². The van der Waals surface area contributed by atoms with Crippen molar-refractivity contribution in [2.24, 2.45) is 0 Å². The molecule has 0 saturated heterocycles. The Morgan fingerprint density at radius 1 is 0.969 bits per heavy atom. The highest BCUT2D eigenvalue weighted by Gasteiger charge is 2.12. The van der Waals surface area contributed by atoms with Gasteiger partial charge in [0.25, 0.3) is 5.91 Å². The van der Waals surface area contributed by atoms with Gasteiger partial charge >= 0.3 is 0 Å². The number of benzene rings is 3. The van der Waals surface area contributed by atoms with E-state index in [9.17, 15) is 10.1 Å². The fraction of sp³-hybridized carbons (Fsp3) is 0.154. The minimum atomic E-state index is -0.481. The van der Waals surface area contributed by atoms with Gasteiger partial charge in [-0.3, -0.25) is 4.79 Å². The Bertz CT molecular complexity index is 1150. The van der Waals surface area contributed by atoms with Gasteiger partial charge in [-0.15, -0.1) is 0 Å². The van der Waals surface area contributed by atoms with Crippen molar-refractivity contribution in [3.05, 3.63) is 93.5 Å². The number of hydrogen-bond acceptors (Lipinski definition) is 4. The zero-order chi connectivity index (χ0) is 22.9. The molecule has 0 fully saturated rings. The summed E-state index contributed by atoms with van der Waals surface area (Å²) in [6.45, 7) is 4.66. The van der Waals surface area contributed by atoms with E-state index in [0.717, 1.165) is 15.8 Å². The number of carbonyl (C=O) groups excluding carboxylic acids is 1. The minimum absolute atomic E-state index is 0.0237. The molecule has 0 spiro atoms. The number of ether oxygens (including phenoxy) is 2. The Morgan fingerprint density at radius 3 is 2.25 bits per heavy atom. The summed E-state index contributed by atoms with van der Waals surface area (Å²) in [5, 5.41) is 12.3. The van der Waals surface area contributed by atoms with Gasteiger partial charge in [0.2, 0.25) is 0 Å². The molecule has 0 atom stereocenters. The molecular weight excluding hydrogens is 468 g/mol. The van der Waals surface area contributed by atoms with Gasteiger partial charge in [-0.25, -0.2) is 0 Å². The number of aryl methyl sites for hydroxylation is 2.